The van der Waals surface area contributed by atoms with E-state index in [-0.39, 0.29) is 11.7 Å². The van der Waals surface area contributed by atoms with E-state index >= 15 is 0 Å². The largest absolute Gasteiger partial charge is 0.381 e. The topological polar surface area (TPSA) is 58.6 Å². The third-order valence-electron chi connectivity index (χ3n) is 2.94. The quantitative estimate of drug-likeness (QED) is 0.698. The van der Waals surface area contributed by atoms with Gasteiger partial charge in [-0.15, -0.1) is 0 Å². The second kappa shape index (κ2) is 4.78. The molecule has 0 radical (unpaired) electrons. The molecule has 5 nitrogen and oxygen atoms in total. The minimum Gasteiger partial charge on any atom is -0.381 e. The Balaban J connectivity index is 1.92. The van der Waals surface area contributed by atoms with Crippen molar-refractivity contribution in [3.8, 4) is 0 Å². The van der Waals surface area contributed by atoms with Crippen LogP contribution in [-0.4, -0.2) is 57.9 Å². The Morgan fingerprint density at radius 1 is 1.33 bits per heavy atom. The van der Waals surface area contributed by atoms with Gasteiger partial charge in [-0.25, -0.2) is 8.42 Å². The molecule has 15 heavy (non-hydrogen) atoms. The summed E-state index contributed by atoms with van der Waals surface area (Å²) in [7, 11) is -3.05. The molecule has 1 atom stereocenters. The Kier molecular flexibility index (Phi) is 3.60. The van der Waals surface area contributed by atoms with E-state index in [1.54, 1.807) is 4.31 Å². The summed E-state index contributed by atoms with van der Waals surface area (Å²) in [5.41, 5.74) is 0. The molecule has 0 bridgehead atoms. The van der Waals surface area contributed by atoms with E-state index in [4.69, 9.17) is 4.74 Å². The van der Waals surface area contributed by atoms with Crippen LogP contribution in [0, 0.1) is 5.92 Å². The maximum absolute atomic E-state index is 12.0. The van der Waals surface area contributed by atoms with Gasteiger partial charge >= 0.3 is 0 Å². The van der Waals surface area contributed by atoms with Crippen molar-refractivity contribution in [3.63, 3.8) is 0 Å². The van der Waals surface area contributed by atoms with E-state index in [0.29, 0.717) is 26.3 Å². The van der Waals surface area contributed by atoms with Crippen molar-refractivity contribution < 1.29 is 13.2 Å². The van der Waals surface area contributed by atoms with Gasteiger partial charge in [-0.1, -0.05) is 0 Å². The molecule has 2 heterocycles. The fraction of sp³-hybridized carbons (Fsp3) is 1.00. The smallest absolute Gasteiger partial charge is 0.214 e. The van der Waals surface area contributed by atoms with Gasteiger partial charge in [0.2, 0.25) is 10.0 Å². The molecule has 2 aliphatic heterocycles. The Morgan fingerprint density at radius 2 is 2.07 bits per heavy atom. The van der Waals surface area contributed by atoms with Crippen LogP contribution in [0.4, 0.5) is 0 Å². The number of nitrogens with one attached hydrogen (secondary N) is 1. The average molecular weight is 234 g/mol. The van der Waals surface area contributed by atoms with Gasteiger partial charge in [0.05, 0.1) is 12.4 Å². The molecule has 0 aromatic carbocycles. The van der Waals surface area contributed by atoms with Gasteiger partial charge in [0, 0.05) is 32.8 Å². The summed E-state index contributed by atoms with van der Waals surface area (Å²) >= 11 is 0. The Hall–Kier alpha value is -0.170. The van der Waals surface area contributed by atoms with Gasteiger partial charge < -0.3 is 10.1 Å². The molecular weight excluding hydrogens is 216 g/mol. The van der Waals surface area contributed by atoms with Crippen molar-refractivity contribution in [3.05, 3.63) is 0 Å². The van der Waals surface area contributed by atoms with E-state index in [0.717, 1.165) is 19.5 Å². The Bertz CT molecular complexity index is 292. The molecular formula is C9H18N2O3S. The Morgan fingerprint density at radius 3 is 2.67 bits per heavy atom. The molecule has 0 aromatic rings. The van der Waals surface area contributed by atoms with Gasteiger partial charge in [0.25, 0.3) is 0 Å². The lowest BCUT2D eigenvalue weighted by Gasteiger charge is -2.27. The number of ether oxygens (including phenoxy) is 1. The van der Waals surface area contributed by atoms with E-state index in [1.807, 2.05) is 0 Å². The first kappa shape index (κ1) is 11.3. The third kappa shape index (κ3) is 2.90. The third-order valence-corrected chi connectivity index (χ3v) is 4.98. The highest BCUT2D eigenvalue weighted by Gasteiger charge is 2.28. The Labute approximate surface area is 90.8 Å². The molecule has 6 heteroatoms. The standard InChI is InChI=1S/C9H18N2O3S/c12-15(13,8-9-1-6-14-7-9)11-4-2-10-3-5-11/h9-10H,1-8H2. The van der Waals surface area contributed by atoms with Crippen LogP contribution in [-0.2, 0) is 14.8 Å². The van der Waals surface area contributed by atoms with Crippen LogP contribution in [0.1, 0.15) is 6.42 Å². The highest BCUT2D eigenvalue weighted by atomic mass is 32.2. The van der Waals surface area contributed by atoms with E-state index in [1.165, 1.54) is 0 Å². The molecule has 0 aromatic heterocycles. The van der Waals surface area contributed by atoms with Gasteiger partial charge in [-0.2, -0.15) is 4.31 Å². The number of hydrogen-bond acceptors (Lipinski definition) is 4. The summed E-state index contributed by atoms with van der Waals surface area (Å²) in [4.78, 5) is 0. The number of rotatable bonds is 3. The molecule has 0 saturated carbocycles. The van der Waals surface area contributed by atoms with Crippen LogP contribution in [0.3, 0.4) is 0 Å². The van der Waals surface area contributed by atoms with Crippen LogP contribution >= 0.6 is 0 Å². The van der Waals surface area contributed by atoms with Crippen LogP contribution in [0.2, 0.25) is 0 Å². The van der Waals surface area contributed by atoms with Gasteiger partial charge in [-0.05, 0) is 12.3 Å². The predicted molar refractivity (Wildman–Crippen MR) is 57.2 cm³/mol. The monoisotopic (exact) mass is 234 g/mol. The molecule has 0 aliphatic carbocycles. The SMILES string of the molecule is O=S(=O)(CC1CCOC1)N1CCNCC1. The number of hydrogen-bond donors (Lipinski definition) is 1. The summed E-state index contributed by atoms with van der Waals surface area (Å²) in [5.74, 6) is 0.456. The molecule has 1 N–H and O–H groups in total. The number of piperazine rings is 1. The zero-order valence-corrected chi connectivity index (χ0v) is 9.63. The van der Waals surface area contributed by atoms with E-state index < -0.39 is 10.0 Å². The van der Waals surface area contributed by atoms with Crippen molar-refractivity contribution in [1.29, 1.82) is 0 Å². The lowest BCUT2D eigenvalue weighted by molar-refractivity contribution is 0.188. The fourth-order valence-corrected chi connectivity index (χ4v) is 3.85. The highest BCUT2D eigenvalue weighted by molar-refractivity contribution is 7.89. The first-order chi connectivity index (χ1) is 7.18. The van der Waals surface area contributed by atoms with Crippen molar-refractivity contribution in [2.75, 3.05) is 45.1 Å². The number of nitrogens with zero attached hydrogens (tertiary/aromatic N) is 1. The average Bonchev–Trinajstić information content (AvgIpc) is 2.71. The minimum atomic E-state index is -3.05. The molecule has 0 spiro atoms. The number of sulfonamides is 1. The lowest BCUT2D eigenvalue weighted by atomic mass is 10.2. The first-order valence-electron chi connectivity index (χ1n) is 5.45. The maximum Gasteiger partial charge on any atom is 0.214 e. The summed E-state index contributed by atoms with van der Waals surface area (Å²) in [6.45, 7) is 4.06. The van der Waals surface area contributed by atoms with E-state index in [9.17, 15) is 8.42 Å². The lowest BCUT2D eigenvalue weighted by Crippen LogP contribution is -2.47. The highest BCUT2D eigenvalue weighted by Crippen LogP contribution is 2.17. The van der Waals surface area contributed by atoms with E-state index in [2.05, 4.69) is 5.32 Å². The van der Waals surface area contributed by atoms with Crippen LogP contribution in [0.15, 0.2) is 0 Å². The summed E-state index contributed by atoms with van der Waals surface area (Å²) in [5, 5.41) is 3.15. The van der Waals surface area contributed by atoms with Crippen LogP contribution in [0.5, 0.6) is 0 Å². The van der Waals surface area contributed by atoms with Gasteiger partial charge in [0.1, 0.15) is 0 Å². The molecule has 88 valence electrons. The van der Waals surface area contributed by atoms with Crippen molar-refractivity contribution in [2.24, 2.45) is 5.92 Å². The van der Waals surface area contributed by atoms with Crippen molar-refractivity contribution >= 4 is 10.0 Å². The second-order valence-corrected chi connectivity index (χ2v) is 6.17. The maximum atomic E-state index is 12.0. The fourth-order valence-electron chi connectivity index (χ4n) is 2.04. The molecule has 2 aliphatic rings. The van der Waals surface area contributed by atoms with Crippen LogP contribution < -0.4 is 5.32 Å². The molecule has 2 fully saturated rings. The normalized spacial score (nSPS) is 29.5. The predicted octanol–water partition coefficient (Wildman–Crippen LogP) is -0.742. The minimum absolute atomic E-state index is 0.199. The van der Waals surface area contributed by atoms with Gasteiger partial charge in [0.15, 0.2) is 0 Å². The zero-order chi connectivity index (χ0) is 10.7. The molecule has 2 saturated heterocycles. The molecule has 2 rings (SSSR count). The summed E-state index contributed by atoms with van der Waals surface area (Å²) < 4.78 is 30.8. The second-order valence-electron chi connectivity index (χ2n) is 4.16. The molecule has 0 amide bonds. The van der Waals surface area contributed by atoms with Crippen LogP contribution in [0.25, 0.3) is 0 Å². The van der Waals surface area contributed by atoms with Gasteiger partial charge in [-0.3, -0.25) is 0 Å². The van der Waals surface area contributed by atoms with Crippen molar-refractivity contribution in [2.45, 2.75) is 6.42 Å². The first-order valence-corrected chi connectivity index (χ1v) is 7.06. The summed E-state index contributed by atoms with van der Waals surface area (Å²) in [6.07, 6.45) is 0.880. The van der Waals surface area contributed by atoms with Crippen molar-refractivity contribution in [1.82, 2.24) is 9.62 Å². The molecule has 1 unspecified atom stereocenters. The summed E-state index contributed by atoms with van der Waals surface area (Å²) in [6, 6.07) is 0. The zero-order valence-electron chi connectivity index (χ0n) is 8.81.